The van der Waals surface area contributed by atoms with Crippen molar-refractivity contribution in [2.24, 2.45) is 18.6 Å². The van der Waals surface area contributed by atoms with Gasteiger partial charge in [0, 0.05) is 31.6 Å². The van der Waals surface area contributed by atoms with Crippen LogP contribution in [0, 0.1) is 0 Å². The molecule has 8 heteroatoms. The summed E-state index contributed by atoms with van der Waals surface area (Å²) in [5.41, 5.74) is 11.3. The number of anilines is 3. The first-order chi connectivity index (χ1) is 13.0. The van der Waals surface area contributed by atoms with E-state index in [1.54, 1.807) is 16.8 Å². The summed E-state index contributed by atoms with van der Waals surface area (Å²) in [6, 6.07) is 13.1. The van der Waals surface area contributed by atoms with Crippen LogP contribution < -0.4 is 27.2 Å². The molecule has 0 unspecified atom stereocenters. The third kappa shape index (κ3) is 3.86. The maximum atomic E-state index is 12.7. The molecule has 0 saturated carbocycles. The van der Waals surface area contributed by atoms with Gasteiger partial charge in [0.25, 0.3) is 5.91 Å². The van der Waals surface area contributed by atoms with Crippen LogP contribution in [0.2, 0.25) is 0 Å². The number of amides is 1. The number of nitrogens with one attached hydrogen (secondary N) is 2. The highest BCUT2D eigenvalue weighted by Gasteiger charge is 2.15. The number of aromatic nitrogens is 2. The van der Waals surface area contributed by atoms with E-state index in [0.717, 1.165) is 29.6 Å². The quantitative estimate of drug-likeness (QED) is 0.375. The average molecular weight is 367 g/mol. The lowest BCUT2D eigenvalue weighted by atomic mass is 10.1. The molecule has 142 valence electrons. The van der Waals surface area contributed by atoms with E-state index in [9.17, 15) is 4.79 Å². The Morgan fingerprint density at radius 3 is 2.78 bits per heavy atom. The fourth-order valence-electron chi connectivity index (χ4n) is 3.06. The maximum Gasteiger partial charge on any atom is 0.256 e. The molecule has 0 aliphatic rings. The molecule has 27 heavy (non-hydrogen) atoms. The van der Waals surface area contributed by atoms with Crippen LogP contribution in [-0.2, 0) is 7.05 Å². The maximum absolute atomic E-state index is 12.7. The number of benzene rings is 2. The van der Waals surface area contributed by atoms with Crippen molar-refractivity contribution in [3.05, 3.63) is 48.0 Å². The van der Waals surface area contributed by atoms with Gasteiger partial charge in [-0.3, -0.25) is 15.3 Å². The molecule has 0 spiro atoms. The monoisotopic (exact) mass is 367 g/mol. The van der Waals surface area contributed by atoms with Crippen LogP contribution in [0.4, 0.5) is 17.2 Å². The molecule has 0 bridgehead atoms. The predicted octanol–water partition coefficient (Wildman–Crippen LogP) is 1.90. The second-order valence-corrected chi connectivity index (χ2v) is 6.38. The zero-order valence-corrected chi connectivity index (χ0v) is 15.6. The number of hydrazine groups is 1. The van der Waals surface area contributed by atoms with Crippen LogP contribution in [0.3, 0.4) is 0 Å². The highest BCUT2D eigenvalue weighted by molar-refractivity contribution is 6.08. The number of hydrogen-bond donors (Lipinski definition) is 4. The second-order valence-electron chi connectivity index (χ2n) is 6.38. The van der Waals surface area contributed by atoms with Crippen molar-refractivity contribution in [3.8, 4) is 0 Å². The van der Waals surface area contributed by atoms with Crippen LogP contribution in [-0.4, -0.2) is 35.8 Å². The Balaban J connectivity index is 1.84. The van der Waals surface area contributed by atoms with Gasteiger partial charge in [-0.1, -0.05) is 12.1 Å². The van der Waals surface area contributed by atoms with Crippen molar-refractivity contribution in [2.75, 3.05) is 35.8 Å². The lowest BCUT2D eigenvalue weighted by Crippen LogP contribution is -2.23. The van der Waals surface area contributed by atoms with Crippen molar-refractivity contribution in [3.63, 3.8) is 0 Å². The molecule has 0 fully saturated rings. The van der Waals surface area contributed by atoms with E-state index in [1.165, 1.54) is 0 Å². The molecule has 0 radical (unpaired) electrons. The third-order valence-corrected chi connectivity index (χ3v) is 4.51. The van der Waals surface area contributed by atoms with E-state index in [2.05, 4.69) is 20.7 Å². The molecule has 3 aromatic rings. The molecule has 8 nitrogen and oxygen atoms in total. The fourth-order valence-corrected chi connectivity index (χ4v) is 3.06. The summed E-state index contributed by atoms with van der Waals surface area (Å²) < 4.78 is 1.74. The SMILES string of the molecule is CN(CCCN)c1ccc(C(=O)Nc2nn(C)c3ccccc23)cc1NN. The largest absolute Gasteiger partial charge is 0.373 e. The summed E-state index contributed by atoms with van der Waals surface area (Å²) in [6.07, 6.45) is 0.871. The van der Waals surface area contributed by atoms with Crippen molar-refractivity contribution >= 4 is 34.0 Å². The van der Waals surface area contributed by atoms with Gasteiger partial charge in [0.1, 0.15) is 0 Å². The Kier molecular flexibility index (Phi) is 5.58. The zero-order chi connectivity index (χ0) is 19.4. The molecule has 0 aliphatic heterocycles. The molecule has 0 aliphatic carbocycles. The highest BCUT2D eigenvalue weighted by atomic mass is 16.1. The van der Waals surface area contributed by atoms with Crippen LogP contribution >= 0.6 is 0 Å². The molecule has 3 rings (SSSR count). The van der Waals surface area contributed by atoms with E-state index in [-0.39, 0.29) is 5.91 Å². The number of aryl methyl sites for hydroxylation is 1. The van der Waals surface area contributed by atoms with E-state index in [0.29, 0.717) is 23.6 Å². The lowest BCUT2D eigenvalue weighted by Gasteiger charge is -2.22. The number of nitrogens with two attached hydrogens (primary N) is 2. The Morgan fingerprint density at radius 1 is 1.26 bits per heavy atom. The molecule has 2 aromatic carbocycles. The standard InChI is InChI=1S/C19H25N7O/c1-25(11-5-10-20)17-9-8-13(12-15(17)23-21)19(27)22-18-14-6-3-4-7-16(14)26(2)24-18/h3-4,6-9,12,23H,5,10-11,20-21H2,1-2H3,(H,22,24,27). The first-order valence-electron chi connectivity index (χ1n) is 8.80. The minimum atomic E-state index is -0.244. The number of nitrogen functional groups attached to an aromatic ring is 1. The zero-order valence-electron chi connectivity index (χ0n) is 15.6. The smallest absolute Gasteiger partial charge is 0.256 e. The number of rotatable bonds is 7. The number of fused-ring (bicyclic) bond motifs is 1. The average Bonchev–Trinajstić information content (AvgIpc) is 3.01. The molecular weight excluding hydrogens is 342 g/mol. The Labute approximate surface area is 158 Å². The van der Waals surface area contributed by atoms with Gasteiger partial charge in [-0.15, -0.1) is 0 Å². The van der Waals surface area contributed by atoms with Crippen LogP contribution in [0.5, 0.6) is 0 Å². The fraction of sp³-hybridized carbons (Fsp3) is 0.263. The molecule has 1 heterocycles. The number of carbonyl (C=O) groups excluding carboxylic acids is 1. The molecule has 0 atom stereocenters. The Hall–Kier alpha value is -3.10. The number of nitrogens with zero attached hydrogens (tertiary/aromatic N) is 3. The van der Waals surface area contributed by atoms with E-state index in [4.69, 9.17) is 11.6 Å². The van der Waals surface area contributed by atoms with Gasteiger partial charge in [-0.25, -0.2) is 0 Å². The Bertz CT molecular complexity index is 950. The van der Waals surface area contributed by atoms with E-state index < -0.39 is 0 Å². The third-order valence-electron chi connectivity index (χ3n) is 4.51. The number of carbonyl (C=O) groups is 1. The van der Waals surface area contributed by atoms with Crippen molar-refractivity contribution in [1.29, 1.82) is 0 Å². The topological polar surface area (TPSA) is 114 Å². The molecule has 6 N–H and O–H groups in total. The van der Waals surface area contributed by atoms with Gasteiger partial charge in [-0.05, 0) is 43.3 Å². The molecule has 1 amide bonds. The first kappa shape index (κ1) is 18.7. The predicted molar refractivity (Wildman–Crippen MR) is 110 cm³/mol. The summed E-state index contributed by atoms with van der Waals surface area (Å²) in [4.78, 5) is 14.8. The van der Waals surface area contributed by atoms with E-state index in [1.807, 2.05) is 44.4 Å². The highest BCUT2D eigenvalue weighted by Crippen LogP contribution is 2.27. The van der Waals surface area contributed by atoms with Gasteiger partial charge < -0.3 is 21.4 Å². The minimum Gasteiger partial charge on any atom is -0.373 e. The first-order valence-corrected chi connectivity index (χ1v) is 8.80. The van der Waals surface area contributed by atoms with Gasteiger partial charge >= 0.3 is 0 Å². The number of hydrogen-bond acceptors (Lipinski definition) is 6. The van der Waals surface area contributed by atoms with Crippen molar-refractivity contribution in [1.82, 2.24) is 9.78 Å². The second kappa shape index (κ2) is 8.07. The summed E-state index contributed by atoms with van der Waals surface area (Å²) in [5.74, 6) is 5.96. The summed E-state index contributed by atoms with van der Waals surface area (Å²) in [5, 5.41) is 8.18. The Morgan fingerprint density at radius 2 is 2.04 bits per heavy atom. The van der Waals surface area contributed by atoms with E-state index >= 15 is 0 Å². The van der Waals surface area contributed by atoms with Gasteiger partial charge in [0.15, 0.2) is 5.82 Å². The summed E-state index contributed by atoms with van der Waals surface area (Å²) in [7, 11) is 3.81. The van der Waals surface area contributed by atoms with Crippen LogP contribution in [0.15, 0.2) is 42.5 Å². The normalized spacial score (nSPS) is 10.8. The van der Waals surface area contributed by atoms with Crippen molar-refractivity contribution in [2.45, 2.75) is 6.42 Å². The summed E-state index contributed by atoms with van der Waals surface area (Å²) >= 11 is 0. The number of para-hydroxylation sites is 1. The minimum absolute atomic E-state index is 0.244. The molecular formula is C19H25N7O. The molecule has 1 aromatic heterocycles. The lowest BCUT2D eigenvalue weighted by molar-refractivity contribution is 0.102. The van der Waals surface area contributed by atoms with Crippen LogP contribution in [0.1, 0.15) is 16.8 Å². The van der Waals surface area contributed by atoms with Gasteiger partial charge in [0.2, 0.25) is 0 Å². The summed E-state index contributed by atoms with van der Waals surface area (Å²) in [6.45, 7) is 1.42. The van der Waals surface area contributed by atoms with Gasteiger partial charge in [0.05, 0.1) is 16.9 Å². The molecule has 0 saturated heterocycles. The van der Waals surface area contributed by atoms with Gasteiger partial charge in [-0.2, -0.15) is 5.10 Å². The van der Waals surface area contributed by atoms with Crippen LogP contribution in [0.25, 0.3) is 10.9 Å². The van der Waals surface area contributed by atoms with Crippen molar-refractivity contribution < 1.29 is 4.79 Å².